The Morgan fingerprint density at radius 1 is 0.917 bits per heavy atom. The van der Waals surface area contributed by atoms with Crippen molar-refractivity contribution in [2.75, 3.05) is 0 Å². The third-order valence-corrected chi connectivity index (χ3v) is 6.41. The standard InChI is InChI=1S/C21H22O2Se/c1-2-3-4-8-15-19-21(24-16-11-6-5-7-12-16)20(22)17-13-9-10-14-18(17)23-19/h5-7,9-14H,2-4,8,15H2,1H3. The number of hydrogen-bond donors (Lipinski definition) is 0. The molecule has 0 unspecified atom stereocenters. The van der Waals surface area contributed by atoms with Crippen molar-refractivity contribution >= 4 is 34.8 Å². The van der Waals surface area contributed by atoms with Crippen LogP contribution in [0.5, 0.6) is 0 Å². The molecule has 0 aliphatic rings. The van der Waals surface area contributed by atoms with E-state index in [1.54, 1.807) is 0 Å². The summed E-state index contributed by atoms with van der Waals surface area (Å²) in [5.41, 5.74) is 0.854. The zero-order chi connectivity index (χ0) is 16.8. The Balaban J connectivity index is 1.99. The van der Waals surface area contributed by atoms with Gasteiger partial charge in [0.15, 0.2) is 0 Å². The monoisotopic (exact) mass is 386 g/mol. The van der Waals surface area contributed by atoms with Crippen molar-refractivity contribution in [1.82, 2.24) is 0 Å². The van der Waals surface area contributed by atoms with Crippen LogP contribution in [0.3, 0.4) is 0 Å². The molecule has 24 heavy (non-hydrogen) atoms. The van der Waals surface area contributed by atoms with Crippen LogP contribution in [0.4, 0.5) is 0 Å². The van der Waals surface area contributed by atoms with Gasteiger partial charge in [-0.3, -0.25) is 0 Å². The van der Waals surface area contributed by atoms with Crippen LogP contribution in [-0.2, 0) is 6.42 Å². The molecule has 0 atom stereocenters. The second kappa shape index (κ2) is 8.32. The normalized spacial score (nSPS) is 11.0. The van der Waals surface area contributed by atoms with Crippen LogP contribution in [0.25, 0.3) is 11.0 Å². The molecule has 3 rings (SSSR count). The van der Waals surface area contributed by atoms with Crippen LogP contribution in [0.15, 0.2) is 63.8 Å². The first-order valence-electron chi connectivity index (χ1n) is 8.57. The fraction of sp³-hybridized carbons (Fsp3) is 0.286. The predicted octanol–water partition coefficient (Wildman–Crippen LogP) is 3.57. The van der Waals surface area contributed by atoms with Gasteiger partial charge < -0.3 is 0 Å². The molecule has 1 heterocycles. The molecular weight excluding hydrogens is 363 g/mol. The van der Waals surface area contributed by atoms with Gasteiger partial charge in [-0.05, 0) is 0 Å². The first-order chi connectivity index (χ1) is 11.8. The molecule has 0 saturated carbocycles. The van der Waals surface area contributed by atoms with E-state index in [9.17, 15) is 4.79 Å². The van der Waals surface area contributed by atoms with Crippen molar-refractivity contribution in [2.45, 2.75) is 39.0 Å². The Labute approximate surface area is 149 Å². The summed E-state index contributed by atoms with van der Waals surface area (Å²) in [5, 5.41) is 0.697. The zero-order valence-corrected chi connectivity index (χ0v) is 15.7. The Morgan fingerprint density at radius 2 is 1.67 bits per heavy atom. The van der Waals surface area contributed by atoms with Crippen LogP contribution >= 0.6 is 0 Å². The minimum atomic E-state index is -0.0219. The van der Waals surface area contributed by atoms with Crippen LogP contribution in [0.1, 0.15) is 38.4 Å². The molecule has 0 amide bonds. The topological polar surface area (TPSA) is 30.2 Å². The van der Waals surface area contributed by atoms with Crippen LogP contribution in [0.2, 0.25) is 0 Å². The SMILES string of the molecule is CCCCCCc1oc2ccccc2c(=O)c1[Se]c1ccccc1. The van der Waals surface area contributed by atoms with Gasteiger partial charge in [0.25, 0.3) is 0 Å². The van der Waals surface area contributed by atoms with Crippen molar-refractivity contribution < 1.29 is 4.42 Å². The van der Waals surface area contributed by atoms with Gasteiger partial charge in [0.05, 0.1) is 0 Å². The molecule has 0 N–H and O–H groups in total. The molecule has 0 spiro atoms. The summed E-state index contributed by atoms with van der Waals surface area (Å²) in [6.07, 6.45) is 5.56. The molecule has 2 aromatic carbocycles. The van der Waals surface area contributed by atoms with E-state index >= 15 is 0 Å². The Morgan fingerprint density at radius 3 is 2.46 bits per heavy atom. The quantitative estimate of drug-likeness (QED) is 0.460. The van der Waals surface area contributed by atoms with Gasteiger partial charge in [-0.1, -0.05) is 0 Å². The van der Waals surface area contributed by atoms with Gasteiger partial charge in [0, 0.05) is 0 Å². The van der Waals surface area contributed by atoms with Crippen molar-refractivity contribution in [3.05, 3.63) is 70.6 Å². The fourth-order valence-corrected chi connectivity index (χ4v) is 4.83. The van der Waals surface area contributed by atoms with E-state index in [-0.39, 0.29) is 20.4 Å². The number of hydrogen-bond acceptors (Lipinski definition) is 2. The van der Waals surface area contributed by atoms with Gasteiger partial charge in [0.2, 0.25) is 0 Å². The number of benzene rings is 2. The third kappa shape index (κ3) is 3.98. The molecule has 0 radical (unpaired) electrons. The predicted molar refractivity (Wildman–Crippen MR) is 102 cm³/mol. The Kier molecular flexibility index (Phi) is 5.90. The molecule has 0 fully saturated rings. The molecule has 0 aliphatic heterocycles. The summed E-state index contributed by atoms with van der Waals surface area (Å²) in [7, 11) is 0. The first-order valence-corrected chi connectivity index (χ1v) is 10.3. The summed E-state index contributed by atoms with van der Waals surface area (Å²) in [6, 6.07) is 17.8. The van der Waals surface area contributed by atoms with Crippen molar-refractivity contribution in [2.24, 2.45) is 0 Å². The van der Waals surface area contributed by atoms with Crippen molar-refractivity contribution in [3.8, 4) is 0 Å². The molecule has 0 saturated heterocycles. The first kappa shape index (κ1) is 17.0. The molecule has 124 valence electrons. The van der Waals surface area contributed by atoms with Crippen LogP contribution in [0, 0.1) is 0 Å². The van der Waals surface area contributed by atoms with E-state index in [1.165, 1.54) is 23.7 Å². The average Bonchev–Trinajstić information content (AvgIpc) is 2.62. The Hall–Kier alpha value is -1.83. The van der Waals surface area contributed by atoms with Gasteiger partial charge in [-0.15, -0.1) is 0 Å². The number of rotatable bonds is 7. The number of para-hydroxylation sites is 1. The molecule has 1 aromatic heterocycles. The second-order valence-electron chi connectivity index (χ2n) is 5.91. The molecule has 3 heteroatoms. The van der Waals surface area contributed by atoms with Crippen LogP contribution in [-0.4, -0.2) is 15.0 Å². The van der Waals surface area contributed by atoms with Gasteiger partial charge in [0.1, 0.15) is 0 Å². The molecule has 3 aromatic rings. The van der Waals surface area contributed by atoms with E-state index in [0.29, 0.717) is 11.0 Å². The maximum atomic E-state index is 13.0. The number of unbranched alkanes of at least 4 members (excludes halogenated alkanes) is 3. The van der Waals surface area contributed by atoms with Gasteiger partial charge in [-0.2, -0.15) is 0 Å². The zero-order valence-electron chi connectivity index (χ0n) is 14.0. The van der Waals surface area contributed by atoms with E-state index < -0.39 is 0 Å². The van der Waals surface area contributed by atoms with E-state index in [1.807, 2.05) is 42.5 Å². The molecular formula is C21H22O2Se. The molecule has 0 bridgehead atoms. The summed E-state index contributed by atoms with van der Waals surface area (Å²) < 4.78 is 8.23. The summed E-state index contributed by atoms with van der Waals surface area (Å²) in [4.78, 5) is 13.0. The van der Waals surface area contributed by atoms with E-state index in [0.717, 1.165) is 23.1 Å². The Bertz CT molecular complexity index is 853. The molecule has 2 nitrogen and oxygen atoms in total. The fourth-order valence-electron chi connectivity index (χ4n) is 2.76. The summed E-state index contributed by atoms with van der Waals surface area (Å²) >= 11 is -0.0219. The summed E-state index contributed by atoms with van der Waals surface area (Å²) in [6.45, 7) is 2.21. The minimum absolute atomic E-state index is 0.0219. The second-order valence-corrected chi connectivity index (χ2v) is 8.18. The molecule has 0 aliphatic carbocycles. The average molecular weight is 385 g/mol. The number of fused-ring (bicyclic) bond motifs is 1. The van der Waals surface area contributed by atoms with Crippen molar-refractivity contribution in [3.63, 3.8) is 0 Å². The van der Waals surface area contributed by atoms with Crippen molar-refractivity contribution in [1.29, 1.82) is 0 Å². The van der Waals surface area contributed by atoms with Gasteiger partial charge >= 0.3 is 149 Å². The maximum absolute atomic E-state index is 13.0. The van der Waals surface area contributed by atoms with E-state index in [4.69, 9.17) is 4.42 Å². The van der Waals surface area contributed by atoms with E-state index in [2.05, 4.69) is 19.1 Å². The van der Waals surface area contributed by atoms with Crippen LogP contribution < -0.4 is 14.4 Å². The van der Waals surface area contributed by atoms with Gasteiger partial charge in [-0.25, -0.2) is 0 Å². The third-order valence-electron chi connectivity index (χ3n) is 4.04. The number of aryl methyl sites for hydroxylation is 1. The summed E-state index contributed by atoms with van der Waals surface area (Å²) in [5.74, 6) is 0.888.